The molecular formula is C12H19BrClN3O3S. The maximum atomic E-state index is 11.9. The van der Waals surface area contributed by atoms with E-state index in [-0.39, 0.29) is 42.2 Å². The van der Waals surface area contributed by atoms with Crippen LogP contribution in [0.5, 0.6) is 0 Å². The number of hydrogen-bond donors (Lipinski definition) is 3. The molecule has 0 saturated heterocycles. The molecular weight excluding hydrogens is 382 g/mol. The molecule has 21 heavy (non-hydrogen) atoms. The molecule has 0 spiro atoms. The van der Waals surface area contributed by atoms with E-state index in [0.717, 1.165) is 4.47 Å². The number of sulfonamides is 1. The summed E-state index contributed by atoms with van der Waals surface area (Å²) >= 11 is 3.24. The second-order valence-electron chi connectivity index (χ2n) is 4.31. The third-order valence-electron chi connectivity index (χ3n) is 2.53. The van der Waals surface area contributed by atoms with Crippen molar-refractivity contribution in [2.24, 2.45) is 5.73 Å². The normalized spacial score (nSPS) is 12.3. The first-order valence-electron chi connectivity index (χ1n) is 6.10. The Morgan fingerprint density at radius 2 is 1.90 bits per heavy atom. The predicted molar refractivity (Wildman–Crippen MR) is 87.9 cm³/mol. The molecule has 0 aliphatic carbocycles. The molecule has 6 nitrogen and oxygen atoms in total. The molecule has 4 N–H and O–H groups in total. The third-order valence-corrected chi connectivity index (χ3v) is 4.53. The first-order valence-corrected chi connectivity index (χ1v) is 8.37. The van der Waals surface area contributed by atoms with E-state index in [1.54, 1.807) is 19.1 Å². The van der Waals surface area contributed by atoms with Gasteiger partial charge in [0.25, 0.3) is 0 Å². The molecule has 0 bridgehead atoms. The summed E-state index contributed by atoms with van der Waals surface area (Å²) in [6, 6.07) is 6.14. The second kappa shape index (κ2) is 9.37. The number of nitrogens with two attached hydrogens (primary N) is 1. The van der Waals surface area contributed by atoms with Gasteiger partial charge >= 0.3 is 0 Å². The van der Waals surface area contributed by atoms with Crippen LogP contribution in [0.15, 0.2) is 33.6 Å². The summed E-state index contributed by atoms with van der Waals surface area (Å²) in [5.41, 5.74) is 5.38. The Bertz CT molecular complexity index is 551. The van der Waals surface area contributed by atoms with Crippen LogP contribution >= 0.6 is 28.3 Å². The highest BCUT2D eigenvalue weighted by Crippen LogP contribution is 2.14. The van der Waals surface area contributed by atoms with E-state index in [1.165, 1.54) is 12.1 Å². The van der Waals surface area contributed by atoms with E-state index in [2.05, 4.69) is 26.0 Å². The zero-order valence-electron chi connectivity index (χ0n) is 11.5. The first-order chi connectivity index (χ1) is 9.35. The summed E-state index contributed by atoms with van der Waals surface area (Å²) in [7, 11) is -3.58. The lowest BCUT2D eigenvalue weighted by Crippen LogP contribution is -2.39. The minimum atomic E-state index is -3.58. The maximum Gasteiger partial charge on any atom is 0.240 e. The van der Waals surface area contributed by atoms with Gasteiger partial charge in [-0.05, 0) is 31.2 Å². The van der Waals surface area contributed by atoms with Crippen molar-refractivity contribution in [2.75, 3.05) is 13.1 Å². The molecule has 1 amide bonds. The monoisotopic (exact) mass is 399 g/mol. The molecule has 1 aromatic carbocycles. The Morgan fingerprint density at radius 3 is 2.43 bits per heavy atom. The van der Waals surface area contributed by atoms with Gasteiger partial charge in [-0.25, -0.2) is 13.1 Å². The zero-order chi connectivity index (χ0) is 15.2. The fourth-order valence-electron chi connectivity index (χ4n) is 1.40. The van der Waals surface area contributed by atoms with Gasteiger partial charge in [-0.3, -0.25) is 4.79 Å². The Balaban J connectivity index is 0.00000400. The van der Waals surface area contributed by atoms with E-state index in [4.69, 9.17) is 5.73 Å². The number of amides is 1. The van der Waals surface area contributed by atoms with Crippen molar-refractivity contribution in [1.82, 2.24) is 10.0 Å². The highest BCUT2D eigenvalue weighted by molar-refractivity contribution is 9.10. The van der Waals surface area contributed by atoms with E-state index in [0.29, 0.717) is 6.54 Å². The molecule has 0 fully saturated rings. The molecule has 0 unspecified atom stereocenters. The van der Waals surface area contributed by atoms with Crippen molar-refractivity contribution in [2.45, 2.75) is 24.3 Å². The quantitative estimate of drug-likeness (QED) is 0.635. The van der Waals surface area contributed by atoms with Crippen molar-refractivity contribution in [3.05, 3.63) is 28.7 Å². The standard InChI is InChI=1S/C12H18BrN3O3S.ClH/c1-9(8-14)16-12(17)6-7-15-20(18,19)11-4-2-10(13)3-5-11;/h2-5,9,15H,6-8,14H2,1H3,(H,16,17);1H/t9-;/m0./s1. The van der Waals surface area contributed by atoms with Crippen molar-refractivity contribution < 1.29 is 13.2 Å². The average molecular weight is 401 g/mol. The van der Waals surface area contributed by atoms with Gasteiger partial charge in [0.15, 0.2) is 0 Å². The summed E-state index contributed by atoms with van der Waals surface area (Å²) in [5, 5.41) is 2.66. The van der Waals surface area contributed by atoms with Gasteiger partial charge in [0.05, 0.1) is 4.90 Å². The predicted octanol–water partition coefficient (Wildman–Crippen LogP) is 1.00. The van der Waals surface area contributed by atoms with E-state index in [1.807, 2.05) is 0 Å². The van der Waals surface area contributed by atoms with Gasteiger partial charge in [0.1, 0.15) is 0 Å². The van der Waals surface area contributed by atoms with Gasteiger partial charge in [0, 0.05) is 30.0 Å². The highest BCUT2D eigenvalue weighted by Gasteiger charge is 2.14. The Labute approximate surface area is 139 Å². The smallest absolute Gasteiger partial charge is 0.240 e. The molecule has 9 heteroatoms. The molecule has 0 radical (unpaired) electrons. The van der Waals surface area contributed by atoms with Crippen LogP contribution in [0.4, 0.5) is 0 Å². The topological polar surface area (TPSA) is 101 Å². The summed E-state index contributed by atoms with van der Waals surface area (Å²) in [5.74, 6) is -0.235. The van der Waals surface area contributed by atoms with Gasteiger partial charge in [-0.15, -0.1) is 12.4 Å². The number of halogens is 2. The van der Waals surface area contributed by atoms with Crippen LogP contribution in [0.25, 0.3) is 0 Å². The minimum absolute atomic E-state index is 0. The number of carbonyl (C=O) groups excluding carboxylic acids is 1. The van der Waals surface area contributed by atoms with Crippen LogP contribution in [0.2, 0.25) is 0 Å². The lowest BCUT2D eigenvalue weighted by molar-refractivity contribution is -0.121. The van der Waals surface area contributed by atoms with Crippen LogP contribution < -0.4 is 15.8 Å². The number of carbonyl (C=O) groups is 1. The number of nitrogens with one attached hydrogen (secondary N) is 2. The Morgan fingerprint density at radius 1 is 1.33 bits per heavy atom. The number of hydrogen-bond acceptors (Lipinski definition) is 4. The van der Waals surface area contributed by atoms with Crippen molar-refractivity contribution in [3.63, 3.8) is 0 Å². The number of rotatable bonds is 7. The van der Waals surface area contributed by atoms with Crippen molar-refractivity contribution in [3.8, 4) is 0 Å². The Kier molecular flexibility index (Phi) is 9.07. The first kappa shape index (κ1) is 20.3. The van der Waals surface area contributed by atoms with Crippen LogP contribution in [0, 0.1) is 0 Å². The van der Waals surface area contributed by atoms with Crippen LogP contribution in [-0.2, 0) is 14.8 Å². The molecule has 0 saturated carbocycles. The van der Waals surface area contributed by atoms with Crippen molar-refractivity contribution in [1.29, 1.82) is 0 Å². The van der Waals surface area contributed by atoms with Crippen molar-refractivity contribution >= 4 is 44.3 Å². The van der Waals surface area contributed by atoms with E-state index < -0.39 is 10.0 Å². The molecule has 0 aromatic heterocycles. The molecule has 1 rings (SSSR count). The van der Waals surface area contributed by atoms with Gasteiger partial charge in [-0.2, -0.15) is 0 Å². The summed E-state index contributed by atoms with van der Waals surface area (Å²) in [4.78, 5) is 11.6. The molecule has 1 atom stereocenters. The summed E-state index contributed by atoms with van der Waals surface area (Å²) in [6.07, 6.45) is 0.0695. The fraction of sp³-hybridized carbons (Fsp3) is 0.417. The zero-order valence-corrected chi connectivity index (χ0v) is 14.7. The van der Waals surface area contributed by atoms with Gasteiger partial charge in [0.2, 0.25) is 15.9 Å². The van der Waals surface area contributed by atoms with Crippen LogP contribution in [-0.4, -0.2) is 33.5 Å². The summed E-state index contributed by atoms with van der Waals surface area (Å²) in [6.45, 7) is 2.17. The molecule has 0 aliphatic rings. The molecule has 0 aliphatic heterocycles. The lowest BCUT2D eigenvalue weighted by Gasteiger charge is -2.11. The Hall–Kier alpha value is -0.670. The highest BCUT2D eigenvalue weighted by atomic mass is 79.9. The van der Waals surface area contributed by atoms with Gasteiger partial charge < -0.3 is 11.1 Å². The molecule has 0 heterocycles. The van der Waals surface area contributed by atoms with Gasteiger partial charge in [-0.1, -0.05) is 15.9 Å². The van der Waals surface area contributed by atoms with E-state index in [9.17, 15) is 13.2 Å². The largest absolute Gasteiger partial charge is 0.352 e. The number of benzene rings is 1. The van der Waals surface area contributed by atoms with Crippen LogP contribution in [0.3, 0.4) is 0 Å². The third kappa shape index (κ3) is 7.23. The maximum absolute atomic E-state index is 11.9. The second-order valence-corrected chi connectivity index (χ2v) is 6.99. The van der Waals surface area contributed by atoms with E-state index >= 15 is 0 Å². The minimum Gasteiger partial charge on any atom is -0.352 e. The lowest BCUT2D eigenvalue weighted by atomic mass is 10.3. The molecule has 120 valence electrons. The fourth-order valence-corrected chi connectivity index (χ4v) is 2.70. The SMILES string of the molecule is C[C@@H](CN)NC(=O)CCNS(=O)(=O)c1ccc(Br)cc1.Cl. The molecule has 1 aromatic rings. The average Bonchev–Trinajstić information content (AvgIpc) is 2.38. The summed E-state index contributed by atoms with van der Waals surface area (Å²) < 4.78 is 27.0. The van der Waals surface area contributed by atoms with Crippen LogP contribution in [0.1, 0.15) is 13.3 Å².